The van der Waals surface area contributed by atoms with Gasteiger partial charge >= 0.3 is 0 Å². The smallest absolute Gasteiger partial charge is 0.124 e. The van der Waals surface area contributed by atoms with Gasteiger partial charge in [-0.3, -0.25) is 0 Å². The lowest BCUT2D eigenvalue weighted by atomic mass is 9.87. The number of phenols is 1. The lowest BCUT2D eigenvalue weighted by Crippen LogP contribution is -2.13. The summed E-state index contributed by atoms with van der Waals surface area (Å²) in [4.78, 5) is 10.9. The summed E-state index contributed by atoms with van der Waals surface area (Å²) in [6.45, 7) is 0. The zero-order valence-corrected chi connectivity index (χ0v) is 8.52. The minimum absolute atomic E-state index is 0.00685. The fourth-order valence-corrected chi connectivity index (χ4v) is 2.94. The Bertz CT molecular complexity index is 409. The van der Waals surface area contributed by atoms with Gasteiger partial charge in [-0.05, 0) is 31.2 Å². The molecule has 0 saturated heterocycles. The van der Waals surface area contributed by atoms with Gasteiger partial charge in [-0.2, -0.15) is 0 Å². The van der Waals surface area contributed by atoms with E-state index in [9.17, 15) is 9.90 Å². The summed E-state index contributed by atoms with van der Waals surface area (Å²) in [5, 5.41) is 9.86. The van der Waals surface area contributed by atoms with E-state index in [1.165, 1.54) is 12.8 Å². The minimum Gasteiger partial charge on any atom is -0.508 e. The van der Waals surface area contributed by atoms with Crippen LogP contribution in [0.15, 0.2) is 24.3 Å². The molecule has 2 unspecified atom stereocenters. The normalized spacial score (nSPS) is 33.7. The van der Waals surface area contributed by atoms with Gasteiger partial charge in [0, 0.05) is 16.9 Å². The molecule has 0 spiro atoms. The summed E-state index contributed by atoms with van der Waals surface area (Å²) >= 11 is 0. The summed E-state index contributed by atoms with van der Waals surface area (Å²) in [5.74, 6) is 1.12. The number of hydrogen-bond acceptors (Lipinski definition) is 2. The van der Waals surface area contributed by atoms with Crippen LogP contribution in [0.5, 0.6) is 5.75 Å². The van der Waals surface area contributed by atoms with E-state index in [0.717, 1.165) is 18.3 Å². The van der Waals surface area contributed by atoms with Gasteiger partial charge in [0.05, 0.1) is 0 Å². The summed E-state index contributed by atoms with van der Waals surface area (Å²) in [5.41, 5.74) is 0.984. The van der Waals surface area contributed by atoms with E-state index >= 15 is 0 Å². The standard InChI is InChI=1S/C13H14O2/c14-8-10-7-13(10,9-5-6-9)11-3-1-2-4-12(11)15/h1-4,8-10,15H,5-7H2. The minimum atomic E-state index is -0.00685. The molecule has 1 aromatic carbocycles. The highest BCUT2D eigenvalue weighted by atomic mass is 16.3. The monoisotopic (exact) mass is 202 g/mol. The Labute approximate surface area is 88.9 Å². The first-order chi connectivity index (χ1) is 7.29. The molecular formula is C13H14O2. The van der Waals surface area contributed by atoms with Crippen molar-refractivity contribution in [2.24, 2.45) is 11.8 Å². The molecular weight excluding hydrogens is 188 g/mol. The SMILES string of the molecule is O=CC1CC1(c1ccccc1O)C1CC1. The maximum absolute atomic E-state index is 10.9. The Kier molecular flexibility index (Phi) is 1.70. The van der Waals surface area contributed by atoms with Gasteiger partial charge in [0.15, 0.2) is 0 Å². The Morgan fingerprint density at radius 3 is 2.60 bits per heavy atom. The maximum atomic E-state index is 10.9. The molecule has 2 aliphatic carbocycles. The van der Waals surface area contributed by atoms with Gasteiger partial charge in [-0.1, -0.05) is 18.2 Å². The Morgan fingerprint density at radius 1 is 1.33 bits per heavy atom. The molecule has 2 heteroatoms. The number of carbonyl (C=O) groups excluding carboxylic acids is 1. The van der Waals surface area contributed by atoms with Crippen LogP contribution in [0.2, 0.25) is 0 Å². The molecule has 2 atom stereocenters. The number of rotatable bonds is 3. The lowest BCUT2D eigenvalue weighted by molar-refractivity contribution is -0.109. The topological polar surface area (TPSA) is 37.3 Å². The third kappa shape index (κ3) is 1.14. The van der Waals surface area contributed by atoms with Crippen molar-refractivity contribution in [1.82, 2.24) is 0 Å². The van der Waals surface area contributed by atoms with Crippen LogP contribution < -0.4 is 0 Å². The second-order valence-corrected chi connectivity index (χ2v) is 4.78. The summed E-state index contributed by atoms with van der Waals surface area (Å²) in [7, 11) is 0. The molecule has 15 heavy (non-hydrogen) atoms. The van der Waals surface area contributed by atoms with Crippen LogP contribution in [0.25, 0.3) is 0 Å². The first kappa shape index (κ1) is 8.96. The van der Waals surface area contributed by atoms with E-state index in [4.69, 9.17) is 0 Å². The van der Waals surface area contributed by atoms with Crippen molar-refractivity contribution >= 4 is 6.29 Å². The Hall–Kier alpha value is -1.31. The molecule has 0 radical (unpaired) electrons. The van der Waals surface area contributed by atoms with Gasteiger partial charge in [0.25, 0.3) is 0 Å². The van der Waals surface area contributed by atoms with Crippen molar-refractivity contribution in [3.63, 3.8) is 0 Å². The third-order valence-electron chi connectivity index (χ3n) is 3.93. The van der Waals surface area contributed by atoms with E-state index in [1.807, 2.05) is 18.2 Å². The highest BCUT2D eigenvalue weighted by molar-refractivity contribution is 5.66. The first-order valence-corrected chi connectivity index (χ1v) is 5.53. The van der Waals surface area contributed by atoms with Gasteiger partial charge < -0.3 is 9.90 Å². The summed E-state index contributed by atoms with van der Waals surface area (Å²) in [6.07, 6.45) is 4.40. The first-order valence-electron chi connectivity index (χ1n) is 5.53. The maximum Gasteiger partial charge on any atom is 0.124 e. The summed E-state index contributed by atoms with van der Waals surface area (Å²) in [6, 6.07) is 7.47. The van der Waals surface area contributed by atoms with Crippen LogP contribution in [-0.2, 0) is 10.2 Å². The fourth-order valence-electron chi connectivity index (χ4n) is 2.94. The largest absolute Gasteiger partial charge is 0.508 e. The molecule has 2 aliphatic rings. The molecule has 1 aromatic rings. The fraction of sp³-hybridized carbons (Fsp3) is 0.462. The highest BCUT2D eigenvalue weighted by Gasteiger charge is 2.63. The molecule has 2 fully saturated rings. The quantitative estimate of drug-likeness (QED) is 0.763. The second kappa shape index (κ2) is 2.84. The molecule has 0 bridgehead atoms. The Morgan fingerprint density at radius 2 is 2.07 bits per heavy atom. The van der Waals surface area contributed by atoms with Gasteiger partial charge in [-0.25, -0.2) is 0 Å². The second-order valence-electron chi connectivity index (χ2n) is 4.78. The zero-order chi connectivity index (χ0) is 10.5. The average Bonchev–Trinajstić information content (AvgIpc) is 3.12. The van der Waals surface area contributed by atoms with Crippen LogP contribution in [0, 0.1) is 11.8 Å². The molecule has 3 rings (SSSR count). The number of para-hydroxylation sites is 1. The predicted molar refractivity (Wildman–Crippen MR) is 56.7 cm³/mol. The molecule has 0 aromatic heterocycles. The zero-order valence-electron chi connectivity index (χ0n) is 8.52. The van der Waals surface area contributed by atoms with Gasteiger partial charge in [0.1, 0.15) is 12.0 Å². The van der Waals surface area contributed by atoms with Crippen LogP contribution in [-0.4, -0.2) is 11.4 Å². The van der Waals surface area contributed by atoms with Crippen LogP contribution in [0.3, 0.4) is 0 Å². The third-order valence-corrected chi connectivity index (χ3v) is 3.93. The number of benzene rings is 1. The molecule has 0 heterocycles. The molecule has 0 aliphatic heterocycles. The van der Waals surface area contributed by atoms with Crippen molar-refractivity contribution in [1.29, 1.82) is 0 Å². The van der Waals surface area contributed by atoms with Crippen LogP contribution in [0.4, 0.5) is 0 Å². The van der Waals surface area contributed by atoms with E-state index < -0.39 is 0 Å². The van der Waals surface area contributed by atoms with Crippen LogP contribution in [0.1, 0.15) is 24.8 Å². The molecule has 2 nitrogen and oxygen atoms in total. The lowest BCUT2D eigenvalue weighted by Gasteiger charge is -2.17. The van der Waals surface area contributed by atoms with Gasteiger partial charge in [-0.15, -0.1) is 0 Å². The number of phenolic OH excluding ortho intramolecular Hbond substituents is 1. The molecule has 1 N–H and O–H groups in total. The van der Waals surface area contributed by atoms with E-state index in [0.29, 0.717) is 11.7 Å². The number of hydrogen-bond donors (Lipinski definition) is 1. The van der Waals surface area contributed by atoms with Crippen LogP contribution >= 0.6 is 0 Å². The van der Waals surface area contributed by atoms with Gasteiger partial charge in [0.2, 0.25) is 0 Å². The number of aldehydes is 1. The predicted octanol–water partition coefficient (Wildman–Crippen LogP) is 2.26. The van der Waals surface area contributed by atoms with Crippen molar-refractivity contribution in [3.05, 3.63) is 29.8 Å². The molecule has 2 saturated carbocycles. The average molecular weight is 202 g/mol. The van der Waals surface area contributed by atoms with Crippen molar-refractivity contribution < 1.29 is 9.90 Å². The number of carbonyl (C=O) groups is 1. The molecule has 78 valence electrons. The van der Waals surface area contributed by atoms with E-state index in [1.54, 1.807) is 6.07 Å². The highest BCUT2D eigenvalue weighted by Crippen LogP contribution is 2.66. The van der Waals surface area contributed by atoms with Crippen molar-refractivity contribution in [2.45, 2.75) is 24.7 Å². The van der Waals surface area contributed by atoms with Crippen molar-refractivity contribution in [2.75, 3.05) is 0 Å². The summed E-state index contributed by atoms with van der Waals surface area (Å²) < 4.78 is 0. The Balaban J connectivity index is 2.04. The van der Waals surface area contributed by atoms with E-state index in [-0.39, 0.29) is 11.3 Å². The van der Waals surface area contributed by atoms with Crippen molar-refractivity contribution in [3.8, 4) is 5.75 Å². The van der Waals surface area contributed by atoms with E-state index in [2.05, 4.69) is 0 Å². The number of aromatic hydroxyl groups is 1. The molecule has 0 amide bonds.